The van der Waals surface area contributed by atoms with Crippen molar-refractivity contribution in [3.05, 3.63) is 102 Å². The molecule has 0 radical (unpaired) electrons. The molecule has 8 heteroatoms. The van der Waals surface area contributed by atoms with Gasteiger partial charge in [-0.25, -0.2) is 9.59 Å². The Bertz CT molecular complexity index is 1190. The van der Waals surface area contributed by atoms with Crippen LogP contribution in [0.5, 0.6) is 5.75 Å². The van der Waals surface area contributed by atoms with Crippen molar-refractivity contribution in [3.63, 3.8) is 0 Å². The molecule has 0 heterocycles. The molecule has 0 aliphatic heterocycles. The number of carbonyl (C=O) groups is 3. The molecule has 8 nitrogen and oxygen atoms in total. The predicted octanol–water partition coefficient (Wildman–Crippen LogP) is 4.92. The Balaban J connectivity index is 1.63. The zero-order valence-electron chi connectivity index (χ0n) is 17.5. The first-order chi connectivity index (χ1) is 16.0. The van der Waals surface area contributed by atoms with E-state index in [0.29, 0.717) is 22.5 Å². The second kappa shape index (κ2) is 11.1. The molecule has 0 aliphatic carbocycles. The monoisotopic (exact) mass is 444 g/mol. The standard InChI is InChI=1S/C25H20N2O6/c1-2-23(29)32-14-15-33-25(31)18-8-10-19(11-9-18)26-27-20-12-13-22(28)21(16-20)24(30)17-6-4-3-5-7-17/h2-13,16,28H,1,14-15H2. The summed E-state index contributed by atoms with van der Waals surface area (Å²) in [6.45, 7) is 3.12. The third-order valence-corrected chi connectivity index (χ3v) is 4.37. The van der Waals surface area contributed by atoms with Gasteiger partial charge in [-0.15, -0.1) is 0 Å². The van der Waals surface area contributed by atoms with E-state index in [9.17, 15) is 19.5 Å². The minimum Gasteiger partial charge on any atom is -0.507 e. The Morgan fingerprint density at radius 2 is 1.45 bits per heavy atom. The van der Waals surface area contributed by atoms with Crippen LogP contribution in [0.25, 0.3) is 0 Å². The maximum atomic E-state index is 12.6. The molecule has 166 valence electrons. The maximum Gasteiger partial charge on any atom is 0.338 e. The lowest BCUT2D eigenvalue weighted by molar-refractivity contribution is -0.138. The van der Waals surface area contributed by atoms with Crippen LogP contribution >= 0.6 is 0 Å². The topological polar surface area (TPSA) is 115 Å². The van der Waals surface area contributed by atoms with Crippen LogP contribution < -0.4 is 0 Å². The summed E-state index contributed by atoms with van der Waals surface area (Å²) < 4.78 is 9.74. The summed E-state index contributed by atoms with van der Waals surface area (Å²) in [7, 11) is 0. The summed E-state index contributed by atoms with van der Waals surface area (Å²) in [6, 6.07) is 19.2. The fourth-order valence-corrected chi connectivity index (χ4v) is 2.71. The van der Waals surface area contributed by atoms with Gasteiger partial charge in [-0.3, -0.25) is 4.79 Å². The second-order valence-electron chi connectivity index (χ2n) is 6.65. The number of phenolic OH excluding ortho intramolecular Hbond substituents is 1. The number of benzene rings is 3. The lowest BCUT2D eigenvalue weighted by atomic mass is 10.0. The van der Waals surface area contributed by atoms with E-state index in [1.54, 1.807) is 42.5 Å². The molecule has 1 N–H and O–H groups in total. The number of carbonyl (C=O) groups excluding carboxylic acids is 3. The fraction of sp³-hybridized carbons (Fsp3) is 0.0800. The zero-order valence-corrected chi connectivity index (χ0v) is 17.5. The van der Waals surface area contributed by atoms with Gasteiger partial charge in [0.25, 0.3) is 0 Å². The van der Waals surface area contributed by atoms with E-state index in [-0.39, 0.29) is 30.3 Å². The smallest absolute Gasteiger partial charge is 0.338 e. The SMILES string of the molecule is C=CC(=O)OCCOC(=O)c1ccc(N=Nc2ccc(O)c(C(=O)c3ccccc3)c2)cc1. The average molecular weight is 444 g/mol. The first kappa shape index (κ1) is 23.1. The average Bonchev–Trinajstić information content (AvgIpc) is 2.86. The summed E-state index contributed by atoms with van der Waals surface area (Å²) in [6.07, 6.45) is 1.02. The molecule has 0 fully saturated rings. The molecule has 0 saturated heterocycles. The van der Waals surface area contributed by atoms with E-state index in [4.69, 9.17) is 9.47 Å². The van der Waals surface area contributed by atoms with Crippen LogP contribution in [0, 0.1) is 0 Å². The van der Waals surface area contributed by atoms with E-state index in [1.807, 2.05) is 0 Å². The first-order valence-corrected chi connectivity index (χ1v) is 9.89. The number of aromatic hydroxyl groups is 1. The maximum absolute atomic E-state index is 12.6. The van der Waals surface area contributed by atoms with Gasteiger partial charge in [0.15, 0.2) is 5.78 Å². The lowest BCUT2D eigenvalue weighted by Crippen LogP contribution is -2.12. The molecule has 0 aromatic heterocycles. The minimum absolute atomic E-state index is 0.0652. The van der Waals surface area contributed by atoms with Crippen molar-refractivity contribution in [2.24, 2.45) is 10.2 Å². The molecule has 33 heavy (non-hydrogen) atoms. The summed E-state index contributed by atoms with van der Waals surface area (Å²) in [4.78, 5) is 35.6. The van der Waals surface area contributed by atoms with Crippen molar-refractivity contribution < 1.29 is 29.0 Å². The summed E-state index contributed by atoms with van der Waals surface area (Å²) in [5, 5.41) is 18.3. The van der Waals surface area contributed by atoms with Crippen LogP contribution in [0.4, 0.5) is 11.4 Å². The van der Waals surface area contributed by atoms with Gasteiger partial charge in [-0.2, -0.15) is 10.2 Å². The molecule has 3 aromatic rings. The molecule has 3 rings (SSSR count). The lowest BCUT2D eigenvalue weighted by Gasteiger charge is -2.05. The summed E-state index contributed by atoms with van der Waals surface area (Å²) >= 11 is 0. The molecule has 0 amide bonds. The van der Waals surface area contributed by atoms with Gasteiger partial charge in [0.05, 0.1) is 22.5 Å². The van der Waals surface area contributed by atoms with E-state index >= 15 is 0 Å². The van der Waals surface area contributed by atoms with Crippen molar-refractivity contribution in [3.8, 4) is 5.75 Å². The summed E-state index contributed by atoms with van der Waals surface area (Å²) in [5.74, 6) is -1.64. The molecule has 0 bridgehead atoms. The number of rotatable bonds is 9. The molecule has 3 aromatic carbocycles. The van der Waals surface area contributed by atoms with E-state index in [0.717, 1.165) is 6.08 Å². The quantitative estimate of drug-likeness (QED) is 0.165. The number of ether oxygens (including phenoxy) is 2. The first-order valence-electron chi connectivity index (χ1n) is 9.89. The zero-order chi connectivity index (χ0) is 23.6. The molecule has 0 aliphatic rings. The third-order valence-electron chi connectivity index (χ3n) is 4.37. The fourth-order valence-electron chi connectivity index (χ4n) is 2.71. The molecule has 0 unspecified atom stereocenters. The number of hydrogen-bond donors (Lipinski definition) is 1. The van der Waals surface area contributed by atoms with Crippen LogP contribution in [0.15, 0.2) is 95.7 Å². The second-order valence-corrected chi connectivity index (χ2v) is 6.65. The van der Waals surface area contributed by atoms with Crippen molar-refractivity contribution in [2.45, 2.75) is 0 Å². The number of phenols is 1. The van der Waals surface area contributed by atoms with Crippen LogP contribution in [-0.4, -0.2) is 36.0 Å². The van der Waals surface area contributed by atoms with Gasteiger partial charge in [-0.05, 0) is 42.5 Å². The normalized spacial score (nSPS) is 10.5. The van der Waals surface area contributed by atoms with Crippen molar-refractivity contribution >= 4 is 29.1 Å². The molecular weight excluding hydrogens is 424 g/mol. The van der Waals surface area contributed by atoms with E-state index < -0.39 is 11.9 Å². The van der Waals surface area contributed by atoms with Crippen LogP contribution in [-0.2, 0) is 14.3 Å². The molecule has 0 spiro atoms. The highest BCUT2D eigenvalue weighted by Gasteiger charge is 2.14. The Kier molecular flexibility index (Phi) is 7.80. The highest BCUT2D eigenvalue weighted by atomic mass is 16.6. The molecular formula is C25H20N2O6. The van der Waals surface area contributed by atoms with Crippen LogP contribution in [0.1, 0.15) is 26.3 Å². The third kappa shape index (κ3) is 6.44. The van der Waals surface area contributed by atoms with Crippen LogP contribution in [0.3, 0.4) is 0 Å². The van der Waals surface area contributed by atoms with Gasteiger partial charge < -0.3 is 14.6 Å². The van der Waals surface area contributed by atoms with E-state index in [2.05, 4.69) is 16.8 Å². The molecule has 0 saturated carbocycles. The van der Waals surface area contributed by atoms with Gasteiger partial charge >= 0.3 is 11.9 Å². The van der Waals surface area contributed by atoms with Gasteiger partial charge in [0.2, 0.25) is 0 Å². The van der Waals surface area contributed by atoms with Gasteiger partial charge in [0.1, 0.15) is 19.0 Å². The number of esters is 2. The van der Waals surface area contributed by atoms with E-state index in [1.165, 1.54) is 30.3 Å². The Morgan fingerprint density at radius 1 is 0.818 bits per heavy atom. The number of hydrogen-bond acceptors (Lipinski definition) is 8. The number of ketones is 1. The van der Waals surface area contributed by atoms with Crippen molar-refractivity contribution in [1.29, 1.82) is 0 Å². The predicted molar refractivity (Wildman–Crippen MR) is 120 cm³/mol. The minimum atomic E-state index is -0.592. The van der Waals surface area contributed by atoms with Crippen LogP contribution in [0.2, 0.25) is 0 Å². The Hall–Kier alpha value is -4.59. The Labute approximate surface area is 189 Å². The van der Waals surface area contributed by atoms with Crippen molar-refractivity contribution in [1.82, 2.24) is 0 Å². The summed E-state index contributed by atoms with van der Waals surface area (Å²) in [5.41, 5.74) is 1.71. The number of nitrogens with zero attached hydrogens (tertiary/aromatic N) is 2. The van der Waals surface area contributed by atoms with Crippen molar-refractivity contribution in [2.75, 3.05) is 13.2 Å². The molecule has 0 atom stereocenters. The highest BCUT2D eigenvalue weighted by molar-refractivity contribution is 6.11. The number of azo groups is 1. The largest absolute Gasteiger partial charge is 0.507 e. The van der Waals surface area contributed by atoms with Gasteiger partial charge in [0, 0.05) is 11.6 Å². The van der Waals surface area contributed by atoms with Gasteiger partial charge in [-0.1, -0.05) is 36.9 Å². The highest BCUT2D eigenvalue weighted by Crippen LogP contribution is 2.27. The Morgan fingerprint density at radius 3 is 2.15 bits per heavy atom.